The zero-order valence-corrected chi connectivity index (χ0v) is 18.7. The summed E-state index contributed by atoms with van der Waals surface area (Å²) in [6.07, 6.45) is 0. The van der Waals surface area contributed by atoms with Crippen LogP contribution in [0.15, 0.2) is 90.1 Å². The van der Waals surface area contributed by atoms with E-state index in [2.05, 4.69) is 5.32 Å². The lowest BCUT2D eigenvalue weighted by molar-refractivity contribution is -0.138. The minimum Gasteiger partial charge on any atom is -0.463 e. The van der Waals surface area contributed by atoms with Crippen molar-refractivity contribution in [2.75, 3.05) is 16.8 Å². The lowest BCUT2D eigenvalue weighted by atomic mass is 9.98. The van der Waals surface area contributed by atoms with Gasteiger partial charge >= 0.3 is 5.97 Å². The maximum Gasteiger partial charge on any atom is 0.338 e. The van der Waals surface area contributed by atoms with Crippen LogP contribution in [0.3, 0.4) is 0 Å². The molecule has 5 nitrogen and oxygen atoms in total. The summed E-state index contributed by atoms with van der Waals surface area (Å²) >= 11 is 12.3. The van der Waals surface area contributed by atoms with Gasteiger partial charge in [0.05, 0.1) is 18.2 Å². The van der Waals surface area contributed by atoms with Crippen molar-refractivity contribution in [2.24, 2.45) is 0 Å². The number of ether oxygens (including phenoxy) is 1. The van der Waals surface area contributed by atoms with Crippen molar-refractivity contribution < 1.29 is 14.3 Å². The van der Waals surface area contributed by atoms with Gasteiger partial charge in [0.25, 0.3) is 5.91 Å². The molecule has 162 valence electrons. The number of nitrogens with one attached hydrogen (secondary N) is 1. The molecule has 7 heteroatoms. The fourth-order valence-electron chi connectivity index (χ4n) is 3.72. The van der Waals surface area contributed by atoms with Gasteiger partial charge in [-0.1, -0.05) is 65.7 Å². The summed E-state index contributed by atoms with van der Waals surface area (Å²) in [5.74, 6) is -0.937. The van der Waals surface area contributed by atoms with E-state index in [4.69, 9.17) is 27.9 Å². The first-order valence-corrected chi connectivity index (χ1v) is 10.8. The Balaban J connectivity index is 1.90. The average Bonchev–Trinajstić information content (AvgIpc) is 3.07. The second-order valence-corrected chi connectivity index (χ2v) is 7.99. The van der Waals surface area contributed by atoms with E-state index in [0.29, 0.717) is 21.4 Å². The number of halogens is 2. The van der Waals surface area contributed by atoms with E-state index in [9.17, 15) is 9.59 Å². The number of carbonyl (C=O) groups excluding carboxylic acids is 2. The maximum absolute atomic E-state index is 13.7. The number of rotatable bonds is 6. The van der Waals surface area contributed by atoms with Gasteiger partial charge in [0.1, 0.15) is 5.70 Å². The Labute approximate surface area is 196 Å². The molecule has 3 aromatic carbocycles. The summed E-state index contributed by atoms with van der Waals surface area (Å²) in [6, 6.07) is 22.6. The van der Waals surface area contributed by atoms with Crippen molar-refractivity contribution >= 4 is 46.5 Å². The summed E-state index contributed by atoms with van der Waals surface area (Å²) in [6.45, 7) is 1.91. The molecule has 0 aliphatic carbocycles. The zero-order chi connectivity index (χ0) is 22.7. The first-order valence-electron chi connectivity index (χ1n) is 10.1. The van der Waals surface area contributed by atoms with Crippen molar-refractivity contribution in [3.05, 3.63) is 106 Å². The number of amides is 1. The molecule has 1 aliphatic heterocycles. The Morgan fingerprint density at radius 3 is 2.31 bits per heavy atom. The van der Waals surface area contributed by atoms with Crippen LogP contribution in [0.5, 0.6) is 0 Å². The number of carbonyl (C=O) groups is 2. The van der Waals surface area contributed by atoms with Gasteiger partial charge in [-0.2, -0.15) is 0 Å². The second-order valence-electron chi connectivity index (χ2n) is 7.11. The summed E-state index contributed by atoms with van der Waals surface area (Å²) in [5.41, 5.74) is 2.29. The summed E-state index contributed by atoms with van der Waals surface area (Å²) in [7, 11) is 0. The van der Waals surface area contributed by atoms with Crippen LogP contribution in [0.2, 0.25) is 10.0 Å². The Morgan fingerprint density at radius 2 is 1.66 bits per heavy atom. The van der Waals surface area contributed by atoms with Crippen LogP contribution in [0.25, 0.3) is 0 Å². The molecule has 1 heterocycles. The van der Waals surface area contributed by atoms with Crippen LogP contribution in [0.1, 0.15) is 18.5 Å². The van der Waals surface area contributed by atoms with E-state index in [0.717, 1.165) is 5.56 Å². The molecule has 1 atom stereocenters. The van der Waals surface area contributed by atoms with Gasteiger partial charge in [0.15, 0.2) is 0 Å². The maximum atomic E-state index is 13.7. The average molecular weight is 467 g/mol. The molecule has 4 rings (SSSR count). The molecule has 32 heavy (non-hydrogen) atoms. The van der Waals surface area contributed by atoms with Gasteiger partial charge in [0, 0.05) is 21.4 Å². The Bertz CT molecular complexity index is 1190. The first kappa shape index (κ1) is 21.9. The highest BCUT2D eigenvalue weighted by Gasteiger charge is 2.45. The number of benzene rings is 3. The van der Waals surface area contributed by atoms with Crippen LogP contribution in [-0.4, -0.2) is 18.5 Å². The first-order chi connectivity index (χ1) is 15.5. The third kappa shape index (κ3) is 4.35. The molecule has 0 bridgehead atoms. The Morgan fingerprint density at radius 1 is 0.969 bits per heavy atom. The molecule has 0 saturated carbocycles. The molecule has 1 N–H and O–H groups in total. The number of nitrogens with zero attached hydrogens (tertiary/aromatic N) is 1. The number of hydrogen-bond donors (Lipinski definition) is 1. The topological polar surface area (TPSA) is 58.6 Å². The van der Waals surface area contributed by atoms with Gasteiger partial charge in [-0.15, -0.1) is 0 Å². The van der Waals surface area contributed by atoms with Crippen LogP contribution < -0.4 is 10.2 Å². The quantitative estimate of drug-likeness (QED) is 0.451. The molecule has 0 fully saturated rings. The minimum atomic E-state index is -0.692. The van der Waals surface area contributed by atoms with Gasteiger partial charge in [-0.25, -0.2) is 4.79 Å². The Hall–Kier alpha value is -3.28. The zero-order valence-electron chi connectivity index (χ0n) is 17.2. The molecular weight excluding hydrogens is 447 g/mol. The van der Waals surface area contributed by atoms with Crippen LogP contribution in [0, 0.1) is 0 Å². The monoisotopic (exact) mass is 466 g/mol. The third-order valence-corrected chi connectivity index (χ3v) is 5.49. The second kappa shape index (κ2) is 9.47. The predicted octanol–water partition coefficient (Wildman–Crippen LogP) is 6.01. The van der Waals surface area contributed by atoms with Crippen LogP contribution in [-0.2, 0) is 14.3 Å². The fraction of sp³-hybridized carbons (Fsp3) is 0.120. The standard InChI is InChI=1S/C25H20Cl2N2O3/c1-2-32-25(31)21-22(28-19-12-6-10-17(26)14-19)24(30)29(20-13-7-11-18(27)15-20)23(21)16-8-4-3-5-9-16/h3-15,23,28H,2H2,1H3. The molecule has 1 amide bonds. The van der Waals surface area contributed by atoms with E-state index < -0.39 is 12.0 Å². The molecule has 0 spiro atoms. The molecule has 0 radical (unpaired) electrons. The highest BCUT2D eigenvalue weighted by molar-refractivity contribution is 6.31. The molecule has 1 unspecified atom stereocenters. The summed E-state index contributed by atoms with van der Waals surface area (Å²) in [4.78, 5) is 28.4. The van der Waals surface area contributed by atoms with Crippen molar-refractivity contribution in [3.8, 4) is 0 Å². The highest BCUT2D eigenvalue weighted by atomic mass is 35.5. The number of anilines is 2. The van der Waals surface area contributed by atoms with Gasteiger partial charge in [-0.3, -0.25) is 9.69 Å². The van der Waals surface area contributed by atoms with E-state index in [1.165, 1.54) is 0 Å². The van der Waals surface area contributed by atoms with E-state index >= 15 is 0 Å². The van der Waals surface area contributed by atoms with Crippen molar-refractivity contribution in [2.45, 2.75) is 13.0 Å². The fourth-order valence-corrected chi connectivity index (χ4v) is 4.09. The van der Waals surface area contributed by atoms with Crippen LogP contribution >= 0.6 is 23.2 Å². The van der Waals surface area contributed by atoms with E-state index in [1.807, 2.05) is 30.3 Å². The lowest BCUT2D eigenvalue weighted by Gasteiger charge is -2.27. The molecule has 3 aromatic rings. The number of hydrogen-bond acceptors (Lipinski definition) is 4. The normalized spacial score (nSPS) is 15.8. The highest BCUT2D eigenvalue weighted by Crippen LogP contribution is 2.42. The van der Waals surface area contributed by atoms with Crippen molar-refractivity contribution in [3.63, 3.8) is 0 Å². The molecule has 0 saturated heterocycles. The van der Waals surface area contributed by atoms with Gasteiger partial charge < -0.3 is 10.1 Å². The summed E-state index contributed by atoms with van der Waals surface area (Å²) < 4.78 is 5.36. The SMILES string of the molecule is CCOC(=O)C1=C(Nc2cccc(Cl)c2)C(=O)N(c2cccc(Cl)c2)C1c1ccccc1. The van der Waals surface area contributed by atoms with Crippen LogP contribution in [0.4, 0.5) is 11.4 Å². The predicted molar refractivity (Wildman–Crippen MR) is 127 cm³/mol. The van der Waals surface area contributed by atoms with Crippen molar-refractivity contribution in [1.82, 2.24) is 0 Å². The lowest BCUT2D eigenvalue weighted by Crippen LogP contribution is -2.31. The van der Waals surface area contributed by atoms with E-state index in [1.54, 1.807) is 60.4 Å². The Kier molecular flexibility index (Phi) is 6.49. The van der Waals surface area contributed by atoms with Gasteiger partial charge in [-0.05, 0) is 48.9 Å². The number of esters is 1. The molecule has 0 aromatic heterocycles. The summed E-state index contributed by atoms with van der Waals surface area (Å²) in [5, 5.41) is 4.09. The largest absolute Gasteiger partial charge is 0.463 e. The van der Waals surface area contributed by atoms with Crippen molar-refractivity contribution in [1.29, 1.82) is 0 Å². The molecule has 1 aliphatic rings. The van der Waals surface area contributed by atoms with E-state index in [-0.39, 0.29) is 23.8 Å². The van der Waals surface area contributed by atoms with Gasteiger partial charge in [0.2, 0.25) is 0 Å². The minimum absolute atomic E-state index is 0.138. The smallest absolute Gasteiger partial charge is 0.338 e. The third-order valence-electron chi connectivity index (χ3n) is 5.02. The molecular formula is C25H20Cl2N2O3.